The molecule has 3 rings (SSSR count). The van der Waals surface area contributed by atoms with E-state index < -0.39 is 70.9 Å². The molecule has 194 valence electrons. The highest BCUT2D eigenvalue weighted by molar-refractivity contribution is 7.90. The second-order valence-electron chi connectivity index (χ2n) is 8.80. The average Bonchev–Trinajstić information content (AvgIpc) is 3.63. The number of nitrogens with one attached hydrogen (secondary N) is 2. The normalized spacial score (nSPS) is 20.2. The van der Waals surface area contributed by atoms with E-state index in [0.29, 0.717) is 11.1 Å². The van der Waals surface area contributed by atoms with Crippen LogP contribution in [0.1, 0.15) is 52.8 Å². The van der Waals surface area contributed by atoms with Gasteiger partial charge in [-0.05, 0) is 55.4 Å². The molecule has 6 nitrogen and oxygen atoms in total. The van der Waals surface area contributed by atoms with Gasteiger partial charge in [-0.3, -0.25) is 10.1 Å². The van der Waals surface area contributed by atoms with Gasteiger partial charge in [0.05, 0.1) is 17.0 Å². The van der Waals surface area contributed by atoms with Crippen LogP contribution in [0.25, 0.3) is 11.1 Å². The first-order chi connectivity index (χ1) is 19.0. The van der Waals surface area contributed by atoms with Gasteiger partial charge in [-0.25, -0.2) is 12.8 Å². The Morgan fingerprint density at radius 1 is 1.08 bits per heavy atom. The molecule has 2 aromatic carbocycles. The zero-order valence-corrected chi connectivity index (χ0v) is 19.8. The van der Waals surface area contributed by atoms with Crippen molar-refractivity contribution in [2.75, 3.05) is 6.26 Å². The summed E-state index contributed by atoms with van der Waals surface area (Å²) < 4.78 is 127. The van der Waals surface area contributed by atoms with E-state index in [9.17, 15) is 31.6 Å². The minimum absolute atomic E-state index is 0.0379. The Bertz CT molecular complexity index is 1440. The van der Waals surface area contributed by atoms with Gasteiger partial charge in [0, 0.05) is 20.9 Å². The maximum absolute atomic E-state index is 15.7. The van der Waals surface area contributed by atoms with Gasteiger partial charge >= 0.3 is 6.18 Å². The highest BCUT2D eigenvalue weighted by Crippen LogP contribution is 2.37. The average molecular weight is 532 g/mol. The van der Waals surface area contributed by atoms with Crippen molar-refractivity contribution in [2.45, 2.75) is 67.3 Å². The van der Waals surface area contributed by atoms with Crippen molar-refractivity contribution in [1.82, 2.24) is 10.6 Å². The number of halogens is 4. The van der Waals surface area contributed by atoms with Crippen LogP contribution in [0.3, 0.4) is 0 Å². The van der Waals surface area contributed by atoms with Crippen LogP contribution < -0.4 is 10.6 Å². The summed E-state index contributed by atoms with van der Waals surface area (Å²) in [6.07, 6.45) is -5.48. The first-order valence-corrected chi connectivity index (χ1v) is 12.6. The lowest BCUT2D eigenvalue weighted by Crippen LogP contribution is -2.53. The van der Waals surface area contributed by atoms with E-state index in [1.807, 2.05) is 5.32 Å². The number of amides is 1. The first-order valence-electron chi connectivity index (χ1n) is 13.7. The van der Waals surface area contributed by atoms with Crippen molar-refractivity contribution in [3.63, 3.8) is 0 Å². The van der Waals surface area contributed by atoms with Gasteiger partial charge in [0.2, 0.25) is 5.91 Å². The Morgan fingerprint density at radius 3 is 2.03 bits per heavy atom. The summed E-state index contributed by atoms with van der Waals surface area (Å²) in [5, 5.41) is 13.4. The summed E-state index contributed by atoms with van der Waals surface area (Å²) >= 11 is 0. The molecule has 0 aliphatic heterocycles. The fraction of sp³-hybridized carbons (Fsp3) is 0.440. The first kappa shape index (κ1) is 20.1. The Hall–Kier alpha value is -2.97. The monoisotopic (exact) mass is 531 g/mol. The number of rotatable bonds is 9. The van der Waals surface area contributed by atoms with Crippen molar-refractivity contribution in [3.05, 3.63) is 54.1 Å². The molecule has 0 spiro atoms. The molecule has 36 heavy (non-hydrogen) atoms. The van der Waals surface area contributed by atoms with Crippen molar-refractivity contribution in [3.8, 4) is 17.2 Å². The van der Waals surface area contributed by atoms with Crippen molar-refractivity contribution in [2.24, 2.45) is 0 Å². The molecule has 0 aromatic heterocycles. The third-order valence-electron chi connectivity index (χ3n) is 5.68. The van der Waals surface area contributed by atoms with E-state index in [2.05, 4.69) is 5.32 Å². The number of nitriles is 1. The molecule has 0 radical (unpaired) electrons. The molecule has 2 atom stereocenters. The van der Waals surface area contributed by atoms with Gasteiger partial charge in [0.1, 0.15) is 17.2 Å². The molecule has 2 N–H and O–H groups in total. The quantitative estimate of drug-likeness (QED) is 0.460. The van der Waals surface area contributed by atoms with Crippen LogP contribution in [0.4, 0.5) is 17.6 Å². The summed E-state index contributed by atoms with van der Waals surface area (Å²) in [6, 6.07) is 7.03. The van der Waals surface area contributed by atoms with E-state index in [-0.39, 0.29) is 17.7 Å². The zero-order chi connectivity index (χ0) is 31.9. The highest BCUT2D eigenvalue weighted by atomic mass is 32.2. The molecular weight excluding hydrogens is 498 g/mol. The molecular formula is C25H27F4N3O3S. The maximum atomic E-state index is 15.7. The van der Waals surface area contributed by atoms with Crippen LogP contribution in [0.2, 0.25) is 0 Å². The van der Waals surface area contributed by atoms with Crippen LogP contribution in [0.15, 0.2) is 53.4 Å². The molecule has 0 saturated heterocycles. The summed E-state index contributed by atoms with van der Waals surface area (Å²) in [5.41, 5.74) is -5.09. The third kappa shape index (κ3) is 7.04. The van der Waals surface area contributed by atoms with Crippen LogP contribution in [-0.4, -0.2) is 44.0 Å². The van der Waals surface area contributed by atoms with Gasteiger partial charge < -0.3 is 5.32 Å². The molecule has 1 saturated carbocycles. The number of benzene rings is 2. The number of carbonyl (C=O) groups is 1. The summed E-state index contributed by atoms with van der Waals surface area (Å²) in [6.45, 7) is -7.68. The highest BCUT2D eigenvalue weighted by Gasteiger charge is 2.48. The molecule has 11 heteroatoms. The number of alkyl halides is 4. The summed E-state index contributed by atoms with van der Waals surface area (Å²) in [4.78, 5) is 13.1. The lowest BCUT2D eigenvalue weighted by Gasteiger charge is -2.30. The smallest absolute Gasteiger partial charge is 0.336 e. The number of hydrogen-bond donors (Lipinski definition) is 2. The standard InChI is InChI=1S/C25H27F4N3O3S/c1-23(2,26)14-20(22(33)32-24(15-30)12-13-24)31-21(25(27,28)29)18-6-4-16(5-7-18)17-8-10-19(11-9-17)36(3,34)35/h4-11,20-21,31H,12-14H2,1-3H3,(H,32,33)/t20-,21-/m0/s1/i1D3,2D3. The largest absolute Gasteiger partial charge is 0.407 e. The molecule has 0 unspecified atom stereocenters. The van der Waals surface area contributed by atoms with E-state index in [4.69, 9.17) is 8.22 Å². The predicted molar refractivity (Wildman–Crippen MR) is 126 cm³/mol. The number of nitrogens with zero attached hydrogens (tertiary/aromatic N) is 1. The maximum Gasteiger partial charge on any atom is 0.407 e. The van der Waals surface area contributed by atoms with Crippen molar-refractivity contribution >= 4 is 15.7 Å². The number of carbonyl (C=O) groups excluding carboxylic acids is 1. The molecule has 1 amide bonds. The molecule has 0 heterocycles. The Morgan fingerprint density at radius 2 is 1.61 bits per heavy atom. The second-order valence-corrected chi connectivity index (χ2v) is 10.8. The Kier molecular flexibility index (Phi) is 5.49. The van der Waals surface area contributed by atoms with E-state index in [0.717, 1.165) is 18.4 Å². The Labute approximate surface area is 216 Å². The molecule has 1 aliphatic rings. The fourth-order valence-electron chi connectivity index (χ4n) is 3.56. The minimum atomic E-state index is -5.12. The molecule has 2 aromatic rings. The second kappa shape index (κ2) is 9.82. The van der Waals surface area contributed by atoms with Crippen LogP contribution in [0.5, 0.6) is 0 Å². The third-order valence-corrected chi connectivity index (χ3v) is 6.81. The van der Waals surface area contributed by atoms with Gasteiger partial charge in [-0.15, -0.1) is 0 Å². The van der Waals surface area contributed by atoms with Gasteiger partial charge in [-0.2, -0.15) is 18.4 Å². The summed E-state index contributed by atoms with van der Waals surface area (Å²) in [7, 11) is -3.48. The van der Waals surface area contributed by atoms with Gasteiger partial charge in [0.25, 0.3) is 0 Å². The molecule has 0 bridgehead atoms. The number of sulfone groups is 1. The van der Waals surface area contributed by atoms with Crippen molar-refractivity contribution < 1.29 is 39.0 Å². The van der Waals surface area contributed by atoms with Crippen molar-refractivity contribution in [1.29, 1.82) is 5.26 Å². The molecule has 1 fully saturated rings. The van der Waals surface area contributed by atoms with E-state index in [1.54, 1.807) is 6.07 Å². The zero-order valence-electron chi connectivity index (χ0n) is 25.0. The van der Waals surface area contributed by atoms with Crippen LogP contribution >= 0.6 is 0 Å². The lowest BCUT2D eigenvalue weighted by molar-refractivity contribution is -0.161. The fourth-order valence-corrected chi connectivity index (χ4v) is 4.20. The van der Waals surface area contributed by atoms with Gasteiger partial charge in [0.15, 0.2) is 9.84 Å². The van der Waals surface area contributed by atoms with Gasteiger partial charge in [-0.1, -0.05) is 36.4 Å². The molecule has 1 aliphatic carbocycles. The predicted octanol–water partition coefficient (Wildman–Crippen LogP) is 4.63. The summed E-state index contributed by atoms with van der Waals surface area (Å²) in [5.74, 6) is -1.36. The van der Waals surface area contributed by atoms with Crippen LogP contribution in [0, 0.1) is 11.3 Å². The lowest BCUT2D eigenvalue weighted by atomic mass is 9.96. The topological polar surface area (TPSA) is 99.1 Å². The van der Waals surface area contributed by atoms with Crippen LogP contribution in [-0.2, 0) is 14.6 Å². The SMILES string of the molecule is [2H]C([2H])([2H])C(F)(C[C@H](N[C@@H](c1ccc(-c2ccc(S(C)(=O)=O)cc2)cc1)C(F)(F)F)C(=O)NC1(C#N)CC1)C([2H])([2H])[2H]. The number of hydrogen-bond acceptors (Lipinski definition) is 5. The Balaban J connectivity index is 1.99. The van der Waals surface area contributed by atoms with E-state index in [1.165, 1.54) is 36.4 Å². The van der Waals surface area contributed by atoms with E-state index >= 15 is 4.39 Å². The minimum Gasteiger partial charge on any atom is -0.336 e.